The molecule has 4 rings (SSSR count). The van der Waals surface area contributed by atoms with Gasteiger partial charge in [0.25, 0.3) is 5.91 Å². The number of nitrogens with one attached hydrogen (secondary N) is 1. The normalized spacial score (nSPS) is 14.6. The van der Waals surface area contributed by atoms with Crippen molar-refractivity contribution in [3.05, 3.63) is 59.0 Å². The quantitative estimate of drug-likeness (QED) is 0.247. The maximum atomic E-state index is 12.5. The van der Waals surface area contributed by atoms with Crippen molar-refractivity contribution >= 4 is 39.3 Å². The zero-order valence-electron chi connectivity index (χ0n) is 19.9. The summed E-state index contributed by atoms with van der Waals surface area (Å²) in [5.41, 5.74) is 3.29. The summed E-state index contributed by atoms with van der Waals surface area (Å²) in [7, 11) is 0. The van der Waals surface area contributed by atoms with Crippen LogP contribution >= 0.6 is 11.3 Å². The number of carbonyl (C=O) groups excluding carboxylic acids is 1. The molecule has 176 valence electrons. The summed E-state index contributed by atoms with van der Waals surface area (Å²) >= 11 is 1.60. The molecule has 34 heavy (non-hydrogen) atoms. The molecule has 1 aliphatic heterocycles. The number of ether oxygens (including phenoxy) is 1. The van der Waals surface area contributed by atoms with Crippen molar-refractivity contribution in [3.8, 4) is 16.5 Å². The summed E-state index contributed by atoms with van der Waals surface area (Å²) < 4.78 is 5.25. The van der Waals surface area contributed by atoms with Gasteiger partial charge < -0.3 is 15.0 Å². The van der Waals surface area contributed by atoms with Gasteiger partial charge in [0.15, 0.2) is 0 Å². The molecule has 2 aromatic carbocycles. The molecule has 5 nitrogen and oxygen atoms in total. The Balaban J connectivity index is 1.53. The molecule has 1 N–H and O–H groups in total. The summed E-state index contributed by atoms with van der Waals surface area (Å²) in [6, 6.07) is 19.4. The van der Waals surface area contributed by atoms with E-state index < -0.39 is 0 Å². The van der Waals surface area contributed by atoms with Crippen LogP contribution < -0.4 is 10.2 Å². The van der Waals surface area contributed by atoms with Crippen LogP contribution in [0.1, 0.15) is 38.0 Å². The summed E-state index contributed by atoms with van der Waals surface area (Å²) in [6.45, 7) is 7.44. The van der Waals surface area contributed by atoms with E-state index in [0.717, 1.165) is 28.4 Å². The number of nitriles is 1. The predicted molar refractivity (Wildman–Crippen MR) is 141 cm³/mol. The van der Waals surface area contributed by atoms with Crippen LogP contribution in [-0.2, 0) is 9.53 Å². The fraction of sp³-hybridized carbons (Fsp3) is 0.357. The number of benzene rings is 2. The number of nitrogens with zero attached hydrogens (tertiary/aromatic N) is 2. The molecule has 2 heterocycles. The fourth-order valence-corrected chi connectivity index (χ4v) is 5.34. The Morgan fingerprint density at radius 3 is 2.62 bits per heavy atom. The molecule has 0 aliphatic carbocycles. The molecule has 6 heteroatoms. The summed E-state index contributed by atoms with van der Waals surface area (Å²) in [5, 5.41) is 14.8. The van der Waals surface area contributed by atoms with E-state index >= 15 is 0 Å². The number of allylic oxidation sites excluding steroid dienone is 1. The summed E-state index contributed by atoms with van der Waals surface area (Å²) in [4.78, 5) is 17.0. The van der Waals surface area contributed by atoms with Gasteiger partial charge in [0.1, 0.15) is 11.6 Å². The Kier molecular flexibility index (Phi) is 7.99. The first-order chi connectivity index (χ1) is 16.6. The third kappa shape index (κ3) is 5.49. The van der Waals surface area contributed by atoms with E-state index in [-0.39, 0.29) is 11.5 Å². The van der Waals surface area contributed by atoms with Crippen LogP contribution in [0.25, 0.3) is 26.8 Å². The van der Waals surface area contributed by atoms with E-state index in [9.17, 15) is 10.1 Å². The molecule has 1 amide bonds. The number of rotatable bonds is 8. The highest BCUT2D eigenvalue weighted by Crippen LogP contribution is 2.35. The monoisotopic (exact) mass is 473 g/mol. The number of hydrogen-bond donors (Lipinski definition) is 1. The SMILES string of the molecule is CCOCCNC(=O)/C(C#N)=C(\C)c1ccc(-c2ccc3cc(N4CCCCC4)ccc3c2)s1. The van der Waals surface area contributed by atoms with Gasteiger partial charge in [0.2, 0.25) is 0 Å². The van der Waals surface area contributed by atoms with E-state index in [4.69, 9.17) is 4.74 Å². The minimum atomic E-state index is -0.357. The van der Waals surface area contributed by atoms with Gasteiger partial charge in [0.05, 0.1) is 6.61 Å². The van der Waals surface area contributed by atoms with E-state index in [2.05, 4.69) is 58.8 Å². The lowest BCUT2D eigenvalue weighted by Gasteiger charge is -2.29. The lowest BCUT2D eigenvalue weighted by Crippen LogP contribution is -2.29. The molecule has 0 spiro atoms. The molecule has 3 aromatic rings. The Labute approximate surface area is 205 Å². The molecule has 0 saturated carbocycles. The zero-order valence-corrected chi connectivity index (χ0v) is 20.7. The number of anilines is 1. The molecular formula is C28H31N3O2S. The predicted octanol–water partition coefficient (Wildman–Crippen LogP) is 6.01. The molecule has 1 saturated heterocycles. The van der Waals surface area contributed by atoms with Crippen molar-refractivity contribution in [1.82, 2.24) is 5.32 Å². The largest absolute Gasteiger partial charge is 0.380 e. The van der Waals surface area contributed by atoms with Crippen LogP contribution in [-0.4, -0.2) is 38.8 Å². The van der Waals surface area contributed by atoms with Gasteiger partial charge in [0, 0.05) is 41.7 Å². The van der Waals surface area contributed by atoms with Gasteiger partial charge in [-0.2, -0.15) is 5.26 Å². The second-order valence-corrected chi connectivity index (χ2v) is 9.61. The van der Waals surface area contributed by atoms with Crippen LogP contribution in [0.15, 0.2) is 54.1 Å². The third-order valence-corrected chi connectivity index (χ3v) is 7.51. The smallest absolute Gasteiger partial charge is 0.262 e. The van der Waals surface area contributed by atoms with E-state index in [0.29, 0.717) is 25.3 Å². The van der Waals surface area contributed by atoms with E-state index in [1.165, 1.54) is 35.7 Å². The van der Waals surface area contributed by atoms with Crippen LogP contribution in [0.2, 0.25) is 0 Å². The number of piperidine rings is 1. The van der Waals surface area contributed by atoms with Gasteiger partial charge in [-0.1, -0.05) is 18.2 Å². The van der Waals surface area contributed by atoms with Gasteiger partial charge >= 0.3 is 0 Å². The van der Waals surface area contributed by atoms with Crippen LogP contribution in [0, 0.1) is 11.3 Å². The van der Waals surface area contributed by atoms with Crippen molar-refractivity contribution in [3.63, 3.8) is 0 Å². The highest BCUT2D eigenvalue weighted by molar-refractivity contribution is 7.16. The number of hydrogen-bond acceptors (Lipinski definition) is 5. The highest BCUT2D eigenvalue weighted by atomic mass is 32.1. The van der Waals surface area contributed by atoms with Crippen molar-refractivity contribution in [1.29, 1.82) is 5.26 Å². The van der Waals surface area contributed by atoms with E-state index in [1.54, 1.807) is 11.3 Å². The lowest BCUT2D eigenvalue weighted by atomic mass is 10.0. The Bertz CT molecular complexity index is 1230. The topological polar surface area (TPSA) is 65.4 Å². The number of carbonyl (C=O) groups is 1. The van der Waals surface area contributed by atoms with Crippen molar-refractivity contribution in [2.45, 2.75) is 33.1 Å². The van der Waals surface area contributed by atoms with E-state index in [1.807, 2.05) is 19.9 Å². The van der Waals surface area contributed by atoms with Gasteiger partial charge in [-0.3, -0.25) is 4.79 Å². The highest BCUT2D eigenvalue weighted by Gasteiger charge is 2.16. The molecule has 1 aliphatic rings. The average molecular weight is 474 g/mol. The first-order valence-electron chi connectivity index (χ1n) is 12.0. The standard InChI is InChI=1S/C28H31N3O2S/c1-3-33-16-13-30-28(32)25(19-29)20(2)26-11-12-27(34-26)23-8-7-22-18-24(10-9-21(22)17-23)31-14-5-4-6-15-31/h7-12,17-18H,3-6,13-16H2,1-2H3,(H,30,32)/b25-20+. The first-order valence-corrected chi connectivity index (χ1v) is 12.8. The van der Waals surface area contributed by atoms with Crippen molar-refractivity contribution in [2.75, 3.05) is 37.7 Å². The maximum absolute atomic E-state index is 12.5. The Morgan fingerprint density at radius 2 is 1.85 bits per heavy atom. The second-order valence-electron chi connectivity index (χ2n) is 8.52. The van der Waals surface area contributed by atoms with Crippen molar-refractivity contribution < 1.29 is 9.53 Å². The van der Waals surface area contributed by atoms with Crippen LogP contribution in [0.4, 0.5) is 5.69 Å². The maximum Gasteiger partial charge on any atom is 0.262 e. The molecule has 1 aromatic heterocycles. The molecule has 0 atom stereocenters. The average Bonchev–Trinajstić information content (AvgIpc) is 3.37. The summed E-state index contributed by atoms with van der Waals surface area (Å²) in [5.74, 6) is -0.357. The molecule has 0 unspecified atom stereocenters. The van der Waals surface area contributed by atoms with Crippen LogP contribution in [0.5, 0.6) is 0 Å². The fourth-order valence-electron chi connectivity index (χ4n) is 4.33. The number of amides is 1. The minimum absolute atomic E-state index is 0.147. The minimum Gasteiger partial charge on any atom is -0.380 e. The number of fused-ring (bicyclic) bond motifs is 1. The third-order valence-electron chi connectivity index (χ3n) is 6.26. The Morgan fingerprint density at radius 1 is 1.09 bits per heavy atom. The zero-order chi connectivity index (χ0) is 23.9. The Hall–Kier alpha value is -3.14. The molecule has 1 fully saturated rings. The molecule has 0 radical (unpaired) electrons. The van der Waals surface area contributed by atoms with Crippen LogP contribution in [0.3, 0.4) is 0 Å². The molecule has 0 bridgehead atoms. The van der Waals surface area contributed by atoms with Gasteiger partial charge in [-0.05, 0) is 85.4 Å². The summed E-state index contributed by atoms with van der Waals surface area (Å²) in [6.07, 6.45) is 3.88. The second kappa shape index (κ2) is 11.3. The molecular weight excluding hydrogens is 442 g/mol. The van der Waals surface area contributed by atoms with Crippen molar-refractivity contribution in [2.24, 2.45) is 0 Å². The lowest BCUT2D eigenvalue weighted by molar-refractivity contribution is -0.117. The number of thiophene rings is 1. The first kappa shape index (κ1) is 24.0. The van der Waals surface area contributed by atoms with Gasteiger partial charge in [-0.25, -0.2) is 0 Å². The van der Waals surface area contributed by atoms with Gasteiger partial charge in [-0.15, -0.1) is 11.3 Å².